The molecule has 1 aromatic heterocycles. The van der Waals surface area contributed by atoms with E-state index in [1.165, 1.54) is 24.7 Å². The molecule has 3 aromatic rings. The van der Waals surface area contributed by atoms with Gasteiger partial charge in [0.25, 0.3) is 5.91 Å². The molecular weight excluding hydrogens is 337 g/mol. The molecule has 2 aromatic carbocycles. The first-order valence-corrected chi connectivity index (χ1v) is 8.15. The minimum absolute atomic E-state index is 0.281. The molecule has 0 radical (unpaired) electrons. The number of carbonyl (C=O) groups excluding carboxylic acids is 1. The molecule has 0 fully saturated rings. The molecule has 1 aliphatic rings. The second kappa shape index (κ2) is 6.87. The molecule has 2 heterocycles. The number of ether oxygens (including phenoxy) is 2. The number of halogens is 1. The van der Waals surface area contributed by atoms with E-state index in [-0.39, 0.29) is 17.8 Å². The highest BCUT2D eigenvalue weighted by Crippen LogP contribution is 2.30. The number of imidazole rings is 1. The summed E-state index contributed by atoms with van der Waals surface area (Å²) in [4.78, 5) is 16.5. The lowest BCUT2D eigenvalue weighted by molar-refractivity contribution is 0.0785. The SMILES string of the molecule is O=C(NCC1COc2ccccc2O1)c1cncn1-c1ccc(F)cc1. The van der Waals surface area contributed by atoms with Crippen LogP contribution >= 0.6 is 0 Å². The zero-order valence-electron chi connectivity index (χ0n) is 13.8. The third-order valence-electron chi connectivity index (χ3n) is 4.03. The number of rotatable bonds is 4. The molecule has 1 N–H and O–H groups in total. The van der Waals surface area contributed by atoms with Gasteiger partial charge < -0.3 is 14.8 Å². The number of amides is 1. The van der Waals surface area contributed by atoms with E-state index in [9.17, 15) is 9.18 Å². The van der Waals surface area contributed by atoms with Crippen LogP contribution in [0.1, 0.15) is 10.5 Å². The van der Waals surface area contributed by atoms with Crippen LogP contribution in [0.4, 0.5) is 4.39 Å². The number of hydrogen-bond acceptors (Lipinski definition) is 4. The predicted molar refractivity (Wildman–Crippen MR) is 92.2 cm³/mol. The Morgan fingerprint density at radius 1 is 1.19 bits per heavy atom. The maximum Gasteiger partial charge on any atom is 0.270 e. The van der Waals surface area contributed by atoms with Crippen molar-refractivity contribution in [3.8, 4) is 17.2 Å². The van der Waals surface area contributed by atoms with E-state index in [0.29, 0.717) is 36.0 Å². The van der Waals surface area contributed by atoms with Crippen molar-refractivity contribution in [2.45, 2.75) is 6.10 Å². The lowest BCUT2D eigenvalue weighted by atomic mass is 10.2. The van der Waals surface area contributed by atoms with Gasteiger partial charge in [0.05, 0.1) is 19.1 Å². The van der Waals surface area contributed by atoms with Crippen LogP contribution < -0.4 is 14.8 Å². The average Bonchev–Trinajstić information content (AvgIpc) is 3.16. The van der Waals surface area contributed by atoms with Gasteiger partial charge in [-0.1, -0.05) is 12.1 Å². The summed E-state index contributed by atoms with van der Waals surface area (Å²) < 4.78 is 26.1. The Labute approximate surface area is 149 Å². The molecule has 0 saturated heterocycles. The van der Waals surface area contributed by atoms with E-state index in [2.05, 4.69) is 10.3 Å². The molecule has 0 aliphatic carbocycles. The normalized spacial score (nSPS) is 15.5. The molecule has 0 saturated carbocycles. The van der Waals surface area contributed by atoms with Crippen molar-refractivity contribution >= 4 is 5.91 Å². The summed E-state index contributed by atoms with van der Waals surface area (Å²) in [6.45, 7) is 0.649. The number of fused-ring (bicyclic) bond motifs is 1. The first-order chi connectivity index (χ1) is 12.7. The van der Waals surface area contributed by atoms with Gasteiger partial charge in [0.2, 0.25) is 0 Å². The van der Waals surface area contributed by atoms with Gasteiger partial charge in [-0.05, 0) is 36.4 Å². The second-order valence-corrected chi connectivity index (χ2v) is 5.83. The molecule has 0 spiro atoms. The van der Waals surface area contributed by atoms with Crippen LogP contribution in [-0.4, -0.2) is 34.7 Å². The van der Waals surface area contributed by atoms with Crippen LogP contribution in [0.3, 0.4) is 0 Å². The van der Waals surface area contributed by atoms with Crippen molar-refractivity contribution in [3.63, 3.8) is 0 Å². The van der Waals surface area contributed by atoms with Crippen molar-refractivity contribution in [1.29, 1.82) is 0 Å². The maximum atomic E-state index is 13.1. The van der Waals surface area contributed by atoms with Gasteiger partial charge in [-0.3, -0.25) is 9.36 Å². The molecule has 4 rings (SSSR count). The average molecular weight is 353 g/mol. The highest BCUT2D eigenvalue weighted by Gasteiger charge is 2.22. The van der Waals surface area contributed by atoms with Gasteiger partial charge in [0, 0.05) is 5.69 Å². The van der Waals surface area contributed by atoms with Crippen LogP contribution in [0.25, 0.3) is 5.69 Å². The molecule has 1 unspecified atom stereocenters. The third-order valence-corrected chi connectivity index (χ3v) is 4.03. The summed E-state index contributed by atoms with van der Waals surface area (Å²) in [5.41, 5.74) is 1.01. The third kappa shape index (κ3) is 3.23. The van der Waals surface area contributed by atoms with Gasteiger partial charge in [0.15, 0.2) is 11.5 Å². The molecule has 7 heteroatoms. The molecule has 1 amide bonds. The topological polar surface area (TPSA) is 65.4 Å². The van der Waals surface area contributed by atoms with E-state index < -0.39 is 0 Å². The Hall–Kier alpha value is -3.35. The van der Waals surface area contributed by atoms with E-state index >= 15 is 0 Å². The van der Waals surface area contributed by atoms with Crippen molar-refractivity contribution in [2.75, 3.05) is 13.2 Å². The molecule has 1 atom stereocenters. The molecule has 26 heavy (non-hydrogen) atoms. The summed E-state index contributed by atoms with van der Waals surface area (Å²) in [7, 11) is 0. The smallest absolute Gasteiger partial charge is 0.270 e. The summed E-state index contributed by atoms with van der Waals surface area (Å²) in [5, 5.41) is 2.83. The number of carbonyl (C=O) groups is 1. The minimum atomic E-state index is -0.338. The van der Waals surface area contributed by atoms with Crippen LogP contribution in [0.5, 0.6) is 11.5 Å². The number of nitrogens with zero attached hydrogens (tertiary/aromatic N) is 2. The lowest BCUT2D eigenvalue weighted by Gasteiger charge is -2.26. The second-order valence-electron chi connectivity index (χ2n) is 5.83. The fourth-order valence-electron chi connectivity index (χ4n) is 2.73. The fraction of sp³-hybridized carbons (Fsp3) is 0.158. The van der Waals surface area contributed by atoms with Gasteiger partial charge >= 0.3 is 0 Å². The first-order valence-electron chi connectivity index (χ1n) is 8.15. The van der Waals surface area contributed by atoms with E-state index in [1.54, 1.807) is 16.7 Å². The molecule has 132 valence electrons. The van der Waals surface area contributed by atoms with E-state index in [1.807, 2.05) is 24.3 Å². The Kier molecular flexibility index (Phi) is 4.27. The zero-order valence-corrected chi connectivity index (χ0v) is 13.8. The van der Waals surface area contributed by atoms with Gasteiger partial charge in [-0.2, -0.15) is 0 Å². The summed E-state index contributed by atoms with van der Waals surface area (Å²) >= 11 is 0. The molecule has 6 nitrogen and oxygen atoms in total. The Balaban J connectivity index is 1.42. The standard InChI is InChI=1S/C19H16FN3O3/c20-13-5-7-14(8-6-13)23-12-21-10-16(23)19(24)22-9-15-11-25-17-3-1-2-4-18(17)26-15/h1-8,10,12,15H,9,11H2,(H,22,24). The molecule has 0 bridgehead atoms. The van der Waals surface area contributed by atoms with Crippen LogP contribution in [0.15, 0.2) is 61.1 Å². The monoisotopic (exact) mass is 353 g/mol. The van der Waals surface area contributed by atoms with Crippen molar-refractivity contribution < 1.29 is 18.7 Å². The Morgan fingerprint density at radius 3 is 2.77 bits per heavy atom. The van der Waals surface area contributed by atoms with Gasteiger partial charge in [-0.15, -0.1) is 0 Å². The zero-order chi connectivity index (χ0) is 17.9. The molecule has 1 aliphatic heterocycles. The summed E-state index contributed by atoms with van der Waals surface area (Å²) in [6.07, 6.45) is 2.70. The minimum Gasteiger partial charge on any atom is -0.486 e. The summed E-state index contributed by atoms with van der Waals surface area (Å²) in [5.74, 6) is 0.725. The number of para-hydroxylation sites is 2. The van der Waals surface area contributed by atoms with Crippen LogP contribution in [0, 0.1) is 5.82 Å². The number of nitrogens with one attached hydrogen (secondary N) is 1. The van der Waals surface area contributed by atoms with Gasteiger partial charge in [-0.25, -0.2) is 9.37 Å². The van der Waals surface area contributed by atoms with Crippen molar-refractivity contribution in [2.24, 2.45) is 0 Å². The Morgan fingerprint density at radius 2 is 1.96 bits per heavy atom. The number of aromatic nitrogens is 2. The highest BCUT2D eigenvalue weighted by molar-refractivity contribution is 5.93. The van der Waals surface area contributed by atoms with Crippen LogP contribution in [-0.2, 0) is 0 Å². The quantitative estimate of drug-likeness (QED) is 0.783. The van der Waals surface area contributed by atoms with E-state index in [0.717, 1.165) is 0 Å². The summed E-state index contributed by atoms with van der Waals surface area (Å²) in [6, 6.07) is 13.2. The Bertz CT molecular complexity index is 924. The molecular formula is C19H16FN3O3. The highest BCUT2D eigenvalue weighted by atomic mass is 19.1. The van der Waals surface area contributed by atoms with Crippen molar-refractivity contribution in [3.05, 3.63) is 72.6 Å². The predicted octanol–water partition coefficient (Wildman–Crippen LogP) is 2.58. The number of benzene rings is 2. The lowest BCUT2D eigenvalue weighted by Crippen LogP contribution is -2.41. The van der Waals surface area contributed by atoms with E-state index in [4.69, 9.17) is 9.47 Å². The van der Waals surface area contributed by atoms with Gasteiger partial charge in [0.1, 0.15) is 24.2 Å². The first kappa shape index (κ1) is 16.1. The number of hydrogen-bond donors (Lipinski definition) is 1. The van der Waals surface area contributed by atoms with Crippen LogP contribution in [0.2, 0.25) is 0 Å². The largest absolute Gasteiger partial charge is 0.486 e. The maximum absolute atomic E-state index is 13.1. The fourth-order valence-corrected chi connectivity index (χ4v) is 2.73. The van der Waals surface area contributed by atoms with Crippen molar-refractivity contribution in [1.82, 2.24) is 14.9 Å².